The first kappa shape index (κ1) is 20.3. The zero-order valence-electron chi connectivity index (χ0n) is 17.5. The van der Waals surface area contributed by atoms with Crippen LogP contribution < -0.4 is 4.72 Å². The van der Waals surface area contributed by atoms with Gasteiger partial charge in [0.05, 0.1) is 24.3 Å². The number of H-pyrrole nitrogens is 2. The summed E-state index contributed by atoms with van der Waals surface area (Å²) in [5.74, 6) is -0.276. The van der Waals surface area contributed by atoms with Crippen molar-refractivity contribution in [1.29, 1.82) is 0 Å². The minimum absolute atomic E-state index is 0.0110. The van der Waals surface area contributed by atoms with Crippen LogP contribution in [0.5, 0.6) is 0 Å². The third kappa shape index (κ3) is 3.56. The Hall–Kier alpha value is -2.62. The molecule has 3 heterocycles. The Kier molecular flexibility index (Phi) is 4.55. The van der Waals surface area contributed by atoms with Gasteiger partial charge in [-0.15, -0.1) is 0 Å². The molecule has 31 heavy (non-hydrogen) atoms. The number of para-hydroxylation sites is 1. The first-order chi connectivity index (χ1) is 14.6. The molecule has 1 aliphatic carbocycles. The molecule has 3 aromatic rings. The highest BCUT2D eigenvalue weighted by Gasteiger charge is 2.40. The summed E-state index contributed by atoms with van der Waals surface area (Å²) in [6.07, 6.45) is 2.11. The molecule has 0 spiro atoms. The van der Waals surface area contributed by atoms with Crippen molar-refractivity contribution in [2.45, 2.75) is 49.8 Å². The number of amides is 1. The lowest BCUT2D eigenvalue weighted by molar-refractivity contribution is -0.0669. The van der Waals surface area contributed by atoms with E-state index < -0.39 is 15.6 Å². The maximum atomic E-state index is 13.0. The molecule has 0 bridgehead atoms. The lowest BCUT2D eigenvalue weighted by Crippen LogP contribution is -2.61. The predicted octanol–water partition coefficient (Wildman–Crippen LogP) is 1.85. The molecule has 1 saturated heterocycles. The quantitative estimate of drug-likeness (QED) is 0.493. The second-order valence-corrected chi connectivity index (χ2v) is 10.7. The molecule has 1 fully saturated rings. The van der Waals surface area contributed by atoms with Gasteiger partial charge in [0.1, 0.15) is 5.03 Å². The Morgan fingerprint density at radius 3 is 2.74 bits per heavy atom. The average Bonchev–Trinajstić information content (AvgIpc) is 3.25. The lowest BCUT2D eigenvalue weighted by atomic mass is 9.92. The Bertz CT molecular complexity index is 1280. The van der Waals surface area contributed by atoms with E-state index in [1.165, 1.54) is 21.9 Å². The number of nitrogens with one attached hydrogen (secondary N) is 3. The minimum Gasteiger partial charge on any atom is -0.386 e. The van der Waals surface area contributed by atoms with Crippen molar-refractivity contribution in [1.82, 2.24) is 19.6 Å². The lowest BCUT2D eigenvalue weighted by Gasteiger charge is -2.44. The number of carbonyl (C=O) groups is 1. The van der Waals surface area contributed by atoms with Gasteiger partial charge in [-0.05, 0) is 44.4 Å². The maximum Gasteiger partial charge on any atom is 0.256 e. The number of hydrogen-bond donors (Lipinski definition) is 4. The first-order valence-corrected chi connectivity index (χ1v) is 11.9. The fourth-order valence-corrected chi connectivity index (χ4v) is 6.08. The van der Waals surface area contributed by atoms with Gasteiger partial charge in [0, 0.05) is 34.8 Å². The van der Waals surface area contributed by atoms with E-state index in [4.69, 9.17) is 0 Å². The van der Waals surface area contributed by atoms with Crippen molar-refractivity contribution in [2.24, 2.45) is 0 Å². The molecule has 2 aromatic heterocycles. The third-order valence-corrected chi connectivity index (χ3v) is 7.72. The normalized spacial score (nSPS) is 20.5. The molecule has 1 aromatic carbocycles. The summed E-state index contributed by atoms with van der Waals surface area (Å²) in [6.45, 7) is 3.84. The van der Waals surface area contributed by atoms with E-state index in [0.717, 1.165) is 17.6 Å². The number of fused-ring (bicyclic) bond motifs is 3. The second-order valence-electron chi connectivity index (χ2n) is 9.02. The van der Waals surface area contributed by atoms with Gasteiger partial charge >= 0.3 is 0 Å². The molecule has 0 saturated carbocycles. The summed E-state index contributed by atoms with van der Waals surface area (Å²) in [7, 11) is -3.80. The third-order valence-electron chi connectivity index (χ3n) is 6.28. The largest absolute Gasteiger partial charge is 0.386 e. The fraction of sp³-hybridized carbons (Fsp3) is 0.409. The average molecular weight is 443 g/mol. The van der Waals surface area contributed by atoms with Crippen LogP contribution in [0, 0.1) is 6.92 Å². The fourth-order valence-electron chi connectivity index (χ4n) is 4.75. The van der Waals surface area contributed by atoms with Gasteiger partial charge in [-0.2, -0.15) is 0 Å². The highest BCUT2D eigenvalue weighted by molar-refractivity contribution is 7.89. The van der Waals surface area contributed by atoms with E-state index in [2.05, 4.69) is 20.8 Å². The number of aliphatic hydroxyl groups is 1. The molecule has 2 aliphatic rings. The number of aromatic amines is 2. The number of rotatable bonds is 4. The van der Waals surface area contributed by atoms with Gasteiger partial charge in [-0.3, -0.25) is 4.79 Å². The number of likely N-dealkylation sites (tertiary alicyclic amines) is 1. The topological polar surface area (TPSA) is 118 Å². The molecule has 0 radical (unpaired) electrons. The molecule has 5 rings (SSSR count). The smallest absolute Gasteiger partial charge is 0.256 e. The van der Waals surface area contributed by atoms with Crippen LogP contribution in [0.25, 0.3) is 10.9 Å². The summed E-state index contributed by atoms with van der Waals surface area (Å²) < 4.78 is 28.8. The van der Waals surface area contributed by atoms with E-state index in [0.29, 0.717) is 24.1 Å². The molecule has 8 nitrogen and oxygen atoms in total. The van der Waals surface area contributed by atoms with Crippen LogP contribution in [0.3, 0.4) is 0 Å². The Balaban J connectivity index is 1.33. The summed E-state index contributed by atoms with van der Waals surface area (Å²) in [4.78, 5) is 20.4. The number of sulfonamides is 1. The molecule has 1 amide bonds. The summed E-state index contributed by atoms with van der Waals surface area (Å²) >= 11 is 0. The van der Waals surface area contributed by atoms with Crippen LogP contribution in [-0.2, 0) is 22.9 Å². The standard InChI is InChI=1S/C22H26N4O4S/c1-13-17(21(27)26-11-22(2,28)12-26)10-20(23-13)31(29,30)25-14-7-8-16-15-5-3-4-6-18(15)24-19(16)9-14/h3-6,10,14,23-25,28H,7-9,11-12H2,1-2H3/t14-/m1/s1. The predicted molar refractivity (Wildman–Crippen MR) is 116 cm³/mol. The van der Waals surface area contributed by atoms with Gasteiger partial charge in [0.2, 0.25) is 0 Å². The number of carbonyl (C=O) groups excluding carboxylic acids is 1. The first-order valence-electron chi connectivity index (χ1n) is 10.4. The summed E-state index contributed by atoms with van der Waals surface area (Å²) in [6, 6.07) is 9.29. The molecule has 1 atom stereocenters. The highest BCUT2D eigenvalue weighted by atomic mass is 32.2. The molecular formula is C22H26N4O4S. The van der Waals surface area contributed by atoms with Gasteiger partial charge in [-0.1, -0.05) is 18.2 Å². The number of aromatic nitrogens is 2. The number of β-amino-alcohol motifs (C(OH)–C–C–N with tert-alkyl or cyclic N) is 1. The number of benzene rings is 1. The highest BCUT2D eigenvalue weighted by Crippen LogP contribution is 2.30. The number of nitrogens with zero attached hydrogens (tertiary/aromatic N) is 1. The second kappa shape index (κ2) is 6.94. The van der Waals surface area contributed by atoms with Crippen LogP contribution in [0.1, 0.15) is 40.7 Å². The number of aryl methyl sites for hydroxylation is 2. The van der Waals surface area contributed by atoms with Crippen LogP contribution in [0.2, 0.25) is 0 Å². The van der Waals surface area contributed by atoms with E-state index in [1.807, 2.05) is 18.2 Å². The van der Waals surface area contributed by atoms with Crippen molar-refractivity contribution < 1.29 is 18.3 Å². The van der Waals surface area contributed by atoms with E-state index >= 15 is 0 Å². The molecule has 0 unspecified atom stereocenters. The molecule has 164 valence electrons. The van der Waals surface area contributed by atoms with Gasteiger partial charge in [-0.25, -0.2) is 13.1 Å². The Labute approximate surface area is 180 Å². The van der Waals surface area contributed by atoms with E-state index in [9.17, 15) is 18.3 Å². The van der Waals surface area contributed by atoms with Crippen LogP contribution in [0.15, 0.2) is 35.4 Å². The minimum atomic E-state index is -3.80. The Morgan fingerprint density at radius 1 is 1.26 bits per heavy atom. The van der Waals surface area contributed by atoms with Crippen molar-refractivity contribution in [3.8, 4) is 0 Å². The van der Waals surface area contributed by atoms with Crippen molar-refractivity contribution in [2.75, 3.05) is 13.1 Å². The zero-order valence-corrected chi connectivity index (χ0v) is 18.3. The SMILES string of the molecule is Cc1[nH]c(S(=O)(=O)N[C@@H]2CCc3c([nH]c4ccccc34)C2)cc1C(=O)N1CC(C)(O)C1. The van der Waals surface area contributed by atoms with E-state index in [1.54, 1.807) is 13.8 Å². The van der Waals surface area contributed by atoms with Crippen molar-refractivity contribution in [3.63, 3.8) is 0 Å². The van der Waals surface area contributed by atoms with Crippen molar-refractivity contribution in [3.05, 3.63) is 52.8 Å². The van der Waals surface area contributed by atoms with Crippen molar-refractivity contribution >= 4 is 26.8 Å². The Morgan fingerprint density at radius 2 is 2.00 bits per heavy atom. The molecule has 9 heteroatoms. The van der Waals surface area contributed by atoms with Crippen LogP contribution in [0.4, 0.5) is 0 Å². The van der Waals surface area contributed by atoms with Gasteiger partial charge in [0.25, 0.3) is 15.9 Å². The number of hydrogen-bond acceptors (Lipinski definition) is 4. The van der Waals surface area contributed by atoms with Crippen LogP contribution in [-0.4, -0.2) is 59.0 Å². The summed E-state index contributed by atoms with van der Waals surface area (Å²) in [5.41, 5.74) is 3.35. The van der Waals surface area contributed by atoms with E-state index in [-0.39, 0.29) is 30.1 Å². The van der Waals surface area contributed by atoms with Crippen LogP contribution >= 0.6 is 0 Å². The van der Waals surface area contributed by atoms with Gasteiger partial charge < -0.3 is 20.0 Å². The maximum absolute atomic E-state index is 13.0. The molecular weight excluding hydrogens is 416 g/mol. The zero-order chi connectivity index (χ0) is 22.0. The monoisotopic (exact) mass is 442 g/mol. The molecule has 1 aliphatic heterocycles. The summed E-state index contributed by atoms with van der Waals surface area (Å²) in [5, 5.41) is 11.1. The molecule has 4 N–H and O–H groups in total. The van der Waals surface area contributed by atoms with Gasteiger partial charge in [0.15, 0.2) is 0 Å².